The molecule has 0 unspecified atom stereocenters. The van der Waals surface area contributed by atoms with Crippen LogP contribution in [0.5, 0.6) is 0 Å². The number of nitrogen functional groups attached to an aromatic ring is 1. The molecule has 1 heterocycles. The highest BCUT2D eigenvalue weighted by atomic mass is 15.1. The van der Waals surface area contributed by atoms with E-state index in [4.69, 9.17) is 17.1 Å². The Labute approximate surface area is 116 Å². The molecule has 2 rings (SSSR count). The maximum atomic E-state index is 6.31. The lowest BCUT2D eigenvalue weighted by Gasteiger charge is -2.11. The number of aromatic nitrogens is 2. The first-order valence-electron chi connectivity index (χ1n) is 7.52. The van der Waals surface area contributed by atoms with Crippen LogP contribution in [-0.4, -0.2) is 9.55 Å². The van der Waals surface area contributed by atoms with E-state index in [1.54, 1.807) is 0 Å². The number of hydrogen-bond acceptors (Lipinski definition) is 2. The zero-order chi connectivity index (χ0) is 13.8. The summed E-state index contributed by atoms with van der Waals surface area (Å²) in [5, 5.41) is 0. The van der Waals surface area contributed by atoms with Crippen molar-refractivity contribution in [1.29, 1.82) is 0 Å². The fraction of sp³-hybridized carbons (Fsp3) is 0.688. The minimum atomic E-state index is 0.458. The van der Waals surface area contributed by atoms with Crippen LogP contribution in [0.3, 0.4) is 0 Å². The summed E-state index contributed by atoms with van der Waals surface area (Å²) in [5.41, 5.74) is 7.39. The second kappa shape index (κ2) is 6.14. The molecule has 1 aliphatic carbocycles. The molecule has 3 heteroatoms. The SMILES string of the molecule is C#CCn1c(C2CCCC2)nc(C(CC)CC)c1N. The van der Waals surface area contributed by atoms with Crippen molar-refractivity contribution in [3.63, 3.8) is 0 Å². The third kappa shape index (κ3) is 2.63. The third-order valence-electron chi connectivity index (χ3n) is 4.41. The fourth-order valence-electron chi connectivity index (χ4n) is 3.23. The quantitative estimate of drug-likeness (QED) is 0.820. The Kier molecular flexibility index (Phi) is 4.52. The van der Waals surface area contributed by atoms with Crippen LogP contribution < -0.4 is 5.73 Å². The van der Waals surface area contributed by atoms with E-state index < -0.39 is 0 Å². The molecule has 0 aromatic carbocycles. The molecular formula is C16H25N3. The molecule has 2 N–H and O–H groups in total. The van der Waals surface area contributed by atoms with E-state index in [2.05, 4.69) is 24.3 Å². The molecule has 1 aromatic rings. The van der Waals surface area contributed by atoms with Gasteiger partial charge in [-0.1, -0.05) is 32.6 Å². The van der Waals surface area contributed by atoms with E-state index in [1.807, 2.05) is 0 Å². The average molecular weight is 259 g/mol. The second-order valence-corrected chi connectivity index (χ2v) is 5.53. The van der Waals surface area contributed by atoms with Gasteiger partial charge in [-0.15, -0.1) is 6.42 Å². The van der Waals surface area contributed by atoms with Gasteiger partial charge in [0.25, 0.3) is 0 Å². The van der Waals surface area contributed by atoms with Gasteiger partial charge in [-0.2, -0.15) is 0 Å². The minimum Gasteiger partial charge on any atom is -0.384 e. The van der Waals surface area contributed by atoms with Gasteiger partial charge in [0.05, 0.1) is 12.2 Å². The topological polar surface area (TPSA) is 43.8 Å². The van der Waals surface area contributed by atoms with Crippen LogP contribution in [0.2, 0.25) is 0 Å². The fourth-order valence-corrected chi connectivity index (χ4v) is 3.23. The Hall–Kier alpha value is -1.43. The van der Waals surface area contributed by atoms with Crippen molar-refractivity contribution in [3.8, 4) is 12.3 Å². The van der Waals surface area contributed by atoms with Crippen molar-refractivity contribution in [3.05, 3.63) is 11.5 Å². The van der Waals surface area contributed by atoms with Gasteiger partial charge in [0.2, 0.25) is 0 Å². The summed E-state index contributed by atoms with van der Waals surface area (Å²) in [6.45, 7) is 4.94. The van der Waals surface area contributed by atoms with Crippen LogP contribution in [0.15, 0.2) is 0 Å². The Bertz CT molecular complexity index is 457. The highest BCUT2D eigenvalue weighted by Gasteiger charge is 2.26. The van der Waals surface area contributed by atoms with Crippen molar-refractivity contribution in [2.45, 2.75) is 70.8 Å². The molecule has 0 spiro atoms. The number of nitrogens with zero attached hydrogens (tertiary/aromatic N) is 2. The zero-order valence-electron chi connectivity index (χ0n) is 12.2. The lowest BCUT2D eigenvalue weighted by Crippen LogP contribution is -2.09. The Morgan fingerprint density at radius 2 is 2.00 bits per heavy atom. The summed E-state index contributed by atoms with van der Waals surface area (Å²) in [6, 6.07) is 0. The molecule has 3 nitrogen and oxygen atoms in total. The van der Waals surface area contributed by atoms with Crippen molar-refractivity contribution < 1.29 is 0 Å². The minimum absolute atomic E-state index is 0.458. The van der Waals surface area contributed by atoms with E-state index in [0.29, 0.717) is 18.4 Å². The van der Waals surface area contributed by atoms with E-state index in [9.17, 15) is 0 Å². The van der Waals surface area contributed by atoms with Crippen LogP contribution in [-0.2, 0) is 6.54 Å². The highest BCUT2D eigenvalue weighted by Crippen LogP contribution is 2.37. The van der Waals surface area contributed by atoms with Gasteiger partial charge in [0.15, 0.2) is 0 Å². The van der Waals surface area contributed by atoms with Crippen LogP contribution in [0, 0.1) is 12.3 Å². The molecule has 1 saturated carbocycles. The lowest BCUT2D eigenvalue weighted by atomic mass is 9.99. The van der Waals surface area contributed by atoms with Crippen LogP contribution in [0.4, 0.5) is 5.82 Å². The summed E-state index contributed by atoms with van der Waals surface area (Å²) in [6.07, 6.45) is 12.7. The standard InChI is InChI=1S/C16H25N3/c1-4-11-19-15(17)14(12(5-2)6-3)18-16(19)13-9-7-8-10-13/h1,12-13H,5-11,17H2,2-3H3. The third-order valence-corrected chi connectivity index (χ3v) is 4.41. The van der Waals surface area contributed by atoms with E-state index in [0.717, 1.165) is 30.2 Å². The van der Waals surface area contributed by atoms with Crippen molar-refractivity contribution in [1.82, 2.24) is 9.55 Å². The first kappa shape index (κ1) is 14.0. The van der Waals surface area contributed by atoms with Gasteiger partial charge < -0.3 is 10.3 Å². The molecule has 0 amide bonds. The van der Waals surface area contributed by atoms with Gasteiger partial charge in [-0.25, -0.2) is 4.98 Å². The Morgan fingerprint density at radius 1 is 1.37 bits per heavy atom. The molecule has 0 radical (unpaired) electrons. The van der Waals surface area contributed by atoms with Crippen molar-refractivity contribution >= 4 is 5.82 Å². The highest BCUT2D eigenvalue weighted by molar-refractivity contribution is 5.42. The van der Waals surface area contributed by atoms with Gasteiger partial charge in [0, 0.05) is 11.8 Å². The molecule has 104 valence electrons. The molecule has 0 atom stereocenters. The summed E-state index contributed by atoms with van der Waals surface area (Å²) in [4.78, 5) is 4.89. The van der Waals surface area contributed by atoms with Crippen molar-refractivity contribution in [2.75, 3.05) is 5.73 Å². The molecule has 1 aliphatic rings. The molecule has 19 heavy (non-hydrogen) atoms. The second-order valence-electron chi connectivity index (χ2n) is 5.53. The maximum absolute atomic E-state index is 6.31. The van der Waals surface area contributed by atoms with E-state index in [1.165, 1.54) is 25.7 Å². The monoisotopic (exact) mass is 259 g/mol. The normalized spacial score (nSPS) is 16.1. The smallest absolute Gasteiger partial charge is 0.127 e. The first-order valence-corrected chi connectivity index (χ1v) is 7.52. The zero-order valence-corrected chi connectivity index (χ0v) is 12.2. The average Bonchev–Trinajstić information content (AvgIpc) is 3.03. The van der Waals surface area contributed by atoms with Crippen molar-refractivity contribution in [2.24, 2.45) is 0 Å². The molecule has 0 saturated heterocycles. The number of hydrogen-bond donors (Lipinski definition) is 1. The number of terminal acetylenes is 1. The largest absolute Gasteiger partial charge is 0.384 e. The van der Waals surface area contributed by atoms with Crippen LogP contribution in [0.1, 0.15) is 75.7 Å². The van der Waals surface area contributed by atoms with Crippen LogP contribution >= 0.6 is 0 Å². The molecule has 1 fully saturated rings. The predicted octanol–water partition coefficient (Wildman–Crippen LogP) is 3.66. The van der Waals surface area contributed by atoms with Gasteiger partial charge in [-0.05, 0) is 25.7 Å². The first-order chi connectivity index (χ1) is 9.22. The number of anilines is 1. The molecule has 1 aromatic heterocycles. The summed E-state index contributed by atoms with van der Waals surface area (Å²) < 4.78 is 2.07. The molecule has 0 bridgehead atoms. The van der Waals surface area contributed by atoms with Gasteiger partial charge in [0.1, 0.15) is 11.6 Å². The maximum Gasteiger partial charge on any atom is 0.127 e. The Balaban J connectivity index is 2.41. The number of nitrogens with two attached hydrogens (primary N) is 1. The summed E-state index contributed by atoms with van der Waals surface area (Å²) in [7, 11) is 0. The summed E-state index contributed by atoms with van der Waals surface area (Å²) in [5.74, 6) is 5.67. The lowest BCUT2D eigenvalue weighted by molar-refractivity contribution is 0.608. The molecular weight excluding hydrogens is 234 g/mol. The number of rotatable bonds is 5. The number of imidazole rings is 1. The summed E-state index contributed by atoms with van der Waals surface area (Å²) >= 11 is 0. The van der Waals surface area contributed by atoms with E-state index in [-0.39, 0.29) is 0 Å². The predicted molar refractivity (Wildman–Crippen MR) is 80.0 cm³/mol. The van der Waals surface area contributed by atoms with E-state index >= 15 is 0 Å². The van der Waals surface area contributed by atoms with Gasteiger partial charge >= 0.3 is 0 Å². The molecule has 0 aliphatic heterocycles. The Morgan fingerprint density at radius 3 is 2.53 bits per heavy atom. The van der Waals surface area contributed by atoms with Gasteiger partial charge in [-0.3, -0.25) is 0 Å². The van der Waals surface area contributed by atoms with Crippen LogP contribution in [0.25, 0.3) is 0 Å².